The van der Waals surface area contributed by atoms with Crippen LogP contribution in [0.5, 0.6) is 5.75 Å². The lowest BCUT2D eigenvalue weighted by molar-refractivity contribution is 0.0738. The Morgan fingerprint density at radius 1 is 1.25 bits per heavy atom. The van der Waals surface area contributed by atoms with Gasteiger partial charge in [0.05, 0.1) is 18.2 Å². The van der Waals surface area contributed by atoms with Gasteiger partial charge in [-0.25, -0.2) is 0 Å². The van der Waals surface area contributed by atoms with Crippen molar-refractivity contribution in [3.63, 3.8) is 0 Å². The lowest BCUT2D eigenvalue weighted by Gasteiger charge is -2.43. The van der Waals surface area contributed by atoms with Crippen LogP contribution in [0.1, 0.15) is 61.6 Å². The molecule has 5 nitrogen and oxygen atoms in total. The SMILES string of the molecule is COc1cccc2c(C(=O)NC3C4(C)CCC(C4)C3(C)C)c(C)n(Cc3cccnc3)c12. The van der Waals surface area contributed by atoms with E-state index in [1.54, 1.807) is 13.3 Å². The largest absolute Gasteiger partial charge is 0.495 e. The highest BCUT2D eigenvalue weighted by Gasteiger charge is 2.59. The number of methoxy groups -OCH3 is 1. The van der Waals surface area contributed by atoms with E-state index < -0.39 is 0 Å². The van der Waals surface area contributed by atoms with Crippen LogP contribution in [0.15, 0.2) is 42.7 Å². The Bertz CT molecular complexity index is 1180. The van der Waals surface area contributed by atoms with Gasteiger partial charge in [0.25, 0.3) is 5.91 Å². The number of nitrogens with zero attached hydrogens (tertiary/aromatic N) is 2. The van der Waals surface area contributed by atoms with Crippen molar-refractivity contribution in [2.24, 2.45) is 16.7 Å². The number of amides is 1. The molecule has 3 atom stereocenters. The van der Waals surface area contributed by atoms with Gasteiger partial charge in [0.2, 0.25) is 0 Å². The number of ether oxygens (including phenoxy) is 1. The van der Waals surface area contributed by atoms with Crippen molar-refractivity contribution in [3.8, 4) is 5.75 Å². The fraction of sp³-hybridized carbons (Fsp3) is 0.481. The third-order valence-electron chi connectivity index (χ3n) is 8.36. The number of carbonyl (C=O) groups excluding carboxylic acids is 1. The maximum absolute atomic E-state index is 13.8. The van der Waals surface area contributed by atoms with Crippen LogP contribution >= 0.6 is 0 Å². The third kappa shape index (κ3) is 3.05. The second-order valence-electron chi connectivity index (χ2n) is 10.6. The summed E-state index contributed by atoms with van der Waals surface area (Å²) in [5, 5.41) is 4.44. The van der Waals surface area contributed by atoms with Gasteiger partial charge in [0, 0.05) is 36.1 Å². The van der Waals surface area contributed by atoms with Crippen LogP contribution in [0.3, 0.4) is 0 Å². The molecule has 2 heterocycles. The van der Waals surface area contributed by atoms with Gasteiger partial charge in [-0.15, -0.1) is 0 Å². The Labute approximate surface area is 190 Å². The molecule has 0 radical (unpaired) electrons. The van der Waals surface area contributed by atoms with E-state index in [9.17, 15) is 4.79 Å². The van der Waals surface area contributed by atoms with Crippen molar-refractivity contribution in [2.45, 2.75) is 59.5 Å². The summed E-state index contributed by atoms with van der Waals surface area (Å²) in [7, 11) is 1.68. The van der Waals surface area contributed by atoms with Crippen LogP contribution in [-0.2, 0) is 6.54 Å². The second kappa shape index (κ2) is 7.36. The van der Waals surface area contributed by atoms with E-state index in [2.05, 4.69) is 41.7 Å². The number of nitrogens with one attached hydrogen (secondary N) is 1. The number of fused-ring (bicyclic) bond motifs is 3. The standard InChI is InChI=1S/C27H33N3O2/c1-17-22(24(31)29-25-26(2,3)19-11-12-27(25,4)14-19)20-9-6-10-21(32-5)23(20)30(17)16-18-8-7-13-28-15-18/h6-10,13,15,19,25H,11-12,14,16H2,1-5H3,(H,29,31). The van der Waals surface area contributed by atoms with Crippen LogP contribution in [-0.4, -0.2) is 28.6 Å². The van der Waals surface area contributed by atoms with Gasteiger partial charge in [-0.2, -0.15) is 0 Å². The molecule has 2 aromatic heterocycles. The minimum atomic E-state index is 0.0255. The molecule has 2 saturated carbocycles. The number of hydrogen-bond acceptors (Lipinski definition) is 3. The van der Waals surface area contributed by atoms with E-state index in [0.717, 1.165) is 33.5 Å². The van der Waals surface area contributed by atoms with Gasteiger partial charge in [0.1, 0.15) is 5.75 Å². The molecule has 3 unspecified atom stereocenters. The molecular weight excluding hydrogens is 398 g/mol. The molecule has 0 saturated heterocycles. The fourth-order valence-electron chi connectivity index (χ4n) is 6.69. The van der Waals surface area contributed by atoms with E-state index in [4.69, 9.17) is 4.74 Å². The average molecular weight is 432 g/mol. The van der Waals surface area contributed by atoms with Gasteiger partial charge in [0.15, 0.2) is 0 Å². The highest BCUT2D eigenvalue weighted by atomic mass is 16.5. The third-order valence-corrected chi connectivity index (χ3v) is 8.36. The van der Waals surface area contributed by atoms with Gasteiger partial charge < -0.3 is 14.6 Å². The van der Waals surface area contributed by atoms with Crippen LogP contribution in [0.4, 0.5) is 0 Å². The lowest BCUT2D eigenvalue weighted by atomic mass is 9.68. The first-order valence-electron chi connectivity index (χ1n) is 11.6. The molecule has 1 aromatic carbocycles. The normalized spacial score (nSPS) is 25.9. The Morgan fingerprint density at radius 3 is 2.72 bits per heavy atom. The van der Waals surface area contributed by atoms with E-state index in [1.165, 1.54) is 19.3 Å². The zero-order valence-electron chi connectivity index (χ0n) is 19.7. The molecule has 2 aliphatic rings. The summed E-state index contributed by atoms with van der Waals surface area (Å²) >= 11 is 0. The second-order valence-corrected chi connectivity index (χ2v) is 10.6. The molecule has 1 N–H and O–H groups in total. The van der Waals surface area contributed by atoms with Crippen molar-refractivity contribution >= 4 is 16.8 Å². The number of hydrogen-bond donors (Lipinski definition) is 1. The smallest absolute Gasteiger partial charge is 0.253 e. The minimum Gasteiger partial charge on any atom is -0.495 e. The van der Waals surface area contributed by atoms with Crippen LogP contribution in [0, 0.1) is 23.7 Å². The molecule has 5 rings (SSSR count). The topological polar surface area (TPSA) is 56.1 Å². The number of benzene rings is 1. The summed E-state index contributed by atoms with van der Waals surface area (Å²) in [4.78, 5) is 18.1. The van der Waals surface area contributed by atoms with Crippen molar-refractivity contribution in [1.29, 1.82) is 0 Å². The molecule has 5 heteroatoms. The first kappa shape index (κ1) is 21.0. The van der Waals surface area contributed by atoms with Crippen molar-refractivity contribution < 1.29 is 9.53 Å². The summed E-state index contributed by atoms with van der Waals surface area (Å²) in [6.45, 7) is 9.69. The van der Waals surface area contributed by atoms with Crippen molar-refractivity contribution in [2.75, 3.05) is 7.11 Å². The Morgan fingerprint density at radius 2 is 2.06 bits per heavy atom. The van der Waals surface area contributed by atoms with E-state index in [0.29, 0.717) is 12.5 Å². The maximum Gasteiger partial charge on any atom is 0.253 e. The number of rotatable bonds is 5. The highest BCUT2D eigenvalue weighted by molar-refractivity contribution is 6.10. The van der Waals surface area contributed by atoms with Crippen molar-refractivity contribution in [1.82, 2.24) is 14.9 Å². The summed E-state index contributed by atoms with van der Waals surface area (Å²) in [6.07, 6.45) is 7.33. The van der Waals surface area contributed by atoms with E-state index in [-0.39, 0.29) is 22.8 Å². The van der Waals surface area contributed by atoms with Gasteiger partial charge >= 0.3 is 0 Å². The van der Waals surface area contributed by atoms with Crippen LogP contribution in [0.25, 0.3) is 10.9 Å². The quantitative estimate of drug-likeness (QED) is 0.593. The Hall–Kier alpha value is -2.82. The fourth-order valence-corrected chi connectivity index (χ4v) is 6.69. The maximum atomic E-state index is 13.8. The number of para-hydroxylation sites is 1. The molecule has 32 heavy (non-hydrogen) atoms. The predicted octanol–water partition coefficient (Wildman–Crippen LogP) is 5.35. The Balaban J connectivity index is 1.58. The van der Waals surface area contributed by atoms with Crippen LogP contribution < -0.4 is 10.1 Å². The zero-order valence-corrected chi connectivity index (χ0v) is 19.7. The molecule has 2 fully saturated rings. The number of pyridine rings is 1. The number of aromatic nitrogens is 2. The molecule has 2 bridgehead atoms. The minimum absolute atomic E-state index is 0.0255. The molecule has 168 valence electrons. The lowest BCUT2D eigenvalue weighted by Crippen LogP contribution is -2.52. The molecule has 3 aromatic rings. The Kier molecular flexibility index (Phi) is 4.84. The summed E-state index contributed by atoms with van der Waals surface area (Å²) in [6, 6.07) is 10.2. The van der Waals surface area contributed by atoms with Gasteiger partial charge in [-0.05, 0) is 60.6 Å². The van der Waals surface area contributed by atoms with E-state index >= 15 is 0 Å². The predicted molar refractivity (Wildman–Crippen MR) is 127 cm³/mol. The molecule has 0 spiro atoms. The summed E-state index contributed by atoms with van der Waals surface area (Å²) in [5.74, 6) is 1.49. The molecule has 2 aliphatic carbocycles. The monoisotopic (exact) mass is 431 g/mol. The highest BCUT2D eigenvalue weighted by Crippen LogP contribution is 2.62. The van der Waals surface area contributed by atoms with Crippen LogP contribution in [0.2, 0.25) is 0 Å². The van der Waals surface area contributed by atoms with Gasteiger partial charge in [-0.3, -0.25) is 9.78 Å². The van der Waals surface area contributed by atoms with Crippen molar-refractivity contribution in [3.05, 3.63) is 59.5 Å². The summed E-state index contributed by atoms with van der Waals surface area (Å²) in [5.41, 5.74) is 4.06. The first-order chi connectivity index (χ1) is 15.3. The molecular formula is C27H33N3O2. The number of carbonyl (C=O) groups is 1. The van der Waals surface area contributed by atoms with Gasteiger partial charge in [-0.1, -0.05) is 39.0 Å². The zero-order chi connectivity index (χ0) is 22.7. The first-order valence-corrected chi connectivity index (χ1v) is 11.6. The molecule has 1 amide bonds. The molecule has 0 aliphatic heterocycles. The summed E-state index contributed by atoms with van der Waals surface area (Å²) < 4.78 is 7.90. The van der Waals surface area contributed by atoms with E-state index in [1.807, 2.05) is 37.4 Å². The average Bonchev–Trinajstić information content (AvgIpc) is 3.36.